The van der Waals surface area contributed by atoms with Gasteiger partial charge in [-0.1, -0.05) is 12.1 Å². The Bertz CT molecular complexity index is 1640. The normalized spacial score (nSPS) is 23.2. The molecule has 4 aliphatic heterocycles. The van der Waals surface area contributed by atoms with Crippen molar-refractivity contribution in [3.63, 3.8) is 0 Å². The van der Waals surface area contributed by atoms with E-state index in [-0.39, 0.29) is 36.9 Å². The fourth-order valence-electron chi connectivity index (χ4n) is 7.25. The summed E-state index contributed by atoms with van der Waals surface area (Å²) in [7, 11) is 4.11. The fraction of sp³-hybridized carbons (Fsp3) is 0.429. The van der Waals surface area contributed by atoms with E-state index >= 15 is 0 Å². The molecule has 45 heavy (non-hydrogen) atoms. The van der Waals surface area contributed by atoms with E-state index < -0.39 is 12.1 Å². The third kappa shape index (κ3) is 5.67. The first kappa shape index (κ1) is 29.4. The lowest BCUT2D eigenvalue weighted by Gasteiger charge is -2.48. The minimum atomic E-state index is -0.495. The predicted octanol–water partition coefficient (Wildman–Crippen LogP) is 4.56. The lowest BCUT2D eigenvalue weighted by molar-refractivity contribution is -0.146. The van der Waals surface area contributed by atoms with E-state index in [2.05, 4.69) is 36.0 Å². The van der Waals surface area contributed by atoms with Crippen molar-refractivity contribution in [1.82, 2.24) is 9.80 Å². The van der Waals surface area contributed by atoms with Crippen LogP contribution in [0.4, 0.5) is 4.39 Å². The first-order valence-corrected chi connectivity index (χ1v) is 15.5. The number of ether oxygens (including phenoxy) is 5. The van der Waals surface area contributed by atoms with Crippen LogP contribution < -0.4 is 18.9 Å². The van der Waals surface area contributed by atoms with E-state index in [9.17, 15) is 14.4 Å². The number of carbonyl (C=O) groups is 1. The number of likely N-dealkylation sites (N-methyl/N-ethyl adjacent to an activating group) is 1. The molecule has 0 saturated heterocycles. The number of fused-ring (bicyclic) bond motifs is 5. The first-order valence-electron chi connectivity index (χ1n) is 15.5. The van der Waals surface area contributed by atoms with Crippen LogP contribution in [0.25, 0.3) is 0 Å². The standard InChI is InChI=1S/C35H36FN3O6/c1-38(2)35-27-18-33-30(41-10-12-44-33)15-22(27)13-25(19-37)39-28(35)14-23-16-31-32(43-11-9-42-31)17-26(23)29(39)20-45-34(40)8-5-21-3-6-24(36)7-4-21/h3-4,6-7,15-18,25,28-29,35H,5,8-14,20H2,1-2H3/t25-,28?,29+,35-/m1/s1. The number of hydrogen-bond acceptors (Lipinski definition) is 9. The van der Waals surface area contributed by atoms with Gasteiger partial charge in [0.1, 0.15) is 44.9 Å². The number of nitriles is 1. The molecule has 0 amide bonds. The first-order chi connectivity index (χ1) is 21.9. The van der Waals surface area contributed by atoms with Gasteiger partial charge >= 0.3 is 5.97 Å². The summed E-state index contributed by atoms with van der Waals surface area (Å²) >= 11 is 0. The van der Waals surface area contributed by atoms with Crippen LogP contribution in [0.1, 0.15) is 46.3 Å². The summed E-state index contributed by atoms with van der Waals surface area (Å²) < 4.78 is 43.2. The number of rotatable bonds is 6. The summed E-state index contributed by atoms with van der Waals surface area (Å²) in [5.74, 6) is 2.12. The molecule has 7 rings (SSSR count). The molecule has 4 atom stereocenters. The van der Waals surface area contributed by atoms with Crippen molar-refractivity contribution in [1.29, 1.82) is 5.26 Å². The van der Waals surface area contributed by atoms with E-state index in [1.54, 1.807) is 12.1 Å². The maximum Gasteiger partial charge on any atom is 0.306 e. The lowest BCUT2D eigenvalue weighted by Crippen LogP contribution is -2.54. The van der Waals surface area contributed by atoms with E-state index in [0.717, 1.165) is 33.6 Å². The molecule has 0 aromatic heterocycles. The van der Waals surface area contributed by atoms with Crippen LogP contribution in [0.3, 0.4) is 0 Å². The fourth-order valence-corrected chi connectivity index (χ4v) is 7.25. The van der Waals surface area contributed by atoms with Gasteiger partial charge in [-0.2, -0.15) is 5.26 Å². The highest BCUT2D eigenvalue weighted by Gasteiger charge is 2.47. The van der Waals surface area contributed by atoms with E-state index in [0.29, 0.717) is 62.9 Å². The Kier molecular flexibility index (Phi) is 7.98. The van der Waals surface area contributed by atoms with Crippen LogP contribution in [-0.2, 0) is 28.8 Å². The molecule has 234 valence electrons. The smallest absolute Gasteiger partial charge is 0.306 e. The van der Waals surface area contributed by atoms with E-state index in [1.807, 2.05) is 18.2 Å². The topological polar surface area (TPSA) is 93.5 Å². The summed E-state index contributed by atoms with van der Waals surface area (Å²) in [5.41, 5.74) is 5.06. The minimum absolute atomic E-state index is 0.0722. The summed E-state index contributed by atoms with van der Waals surface area (Å²) in [6, 6.07) is 15.8. The highest BCUT2D eigenvalue weighted by molar-refractivity contribution is 5.69. The third-order valence-corrected chi connectivity index (χ3v) is 9.23. The van der Waals surface area contributed by atoms with Gasteiger partial charge in [-0.15, -0.1) is 0 Å². The second-order valence-electron chi connectivity index (χ2n) is 12.2. The van der Waals surface area contributed by atoms with Crippen molar-refractivity contribution in [3.05, 3.63) is 82.2 Å². The molecule has 0 fully saturated rings. The number of halogens is 1. The molecule has 4 heterocycles. The zero-order valence-corrected chi connectivity index (χ0v) is 25.5. The molecule has 0 bridgehead atoms. The van der Waals surface area contributed by atoms with Crippen LogP contribution in [0, 0.1) is 17.1 Å². The highest BCUT2D eigenvalue weighted by atomic mass is 19.1. The van der Waals surface area contributed by atoms with Crippen molar-refractivity contribution in [2.45, 2.75) is 49.9 Å². The van der Waals surface area contributed by atoms with E-state index in [4.69, 9.17) is 23.7 Å². The monoisotopic (exact) mass is 613 g/mol. The number of esters is 1. The molecule has 1 unspecified atom stereocenters. The Labute approximate surface area is 262 Å². The van der Waals surface area contributed by atoms with Crippen LogP contribution in [-0.4, -0.2) is 75.0 Å². The molecule has 4 aliphatic rings. The van der Waals surface area contributed by atoms with Crippen LogP contribution in [0.15, 0.2) is 48.5 Å². The average molecular weight is 614 g/mol. The van der Waals surface area contributed by atoms with Crippen molar-refractivity contribution >= 4 is 5.97 Å². The number of nitrogens with zero attached hydrogens (tertiary/aromatic N) is 3. The quantitative estimate of drug-likeness (QED) is 0.371. The minimum Gasteiger partial charge on any atom is -0.486 e. The molecule has 10 heteroatoms. The zero-order valence-electron chi connectivity index (χ0n) is 25.5. The third-order valence-electron chi connectivity index (χ3n) is 9.23. The van der Waals surface area contributed by atoms with Gasteiger partial charge < -0.3 is 28.6 Å². The van der Waals surface area contributed by atoms with Crippen molar-refractivity contribution in [2.75, 3.05) is 47.1 Å². The maximum atomic E-state index is 13.4. The molecule has 0 saturated carbocycles. The second kappa shape index (κ2) is 12.2. The molecular formula is C35H36FN3O6. The Balaban J connectivity index is 1.26. The van der Waals surface area contributed by atoms with Gasteiger partial charge in [0.25, 0.3) is 0 Å². The van der Waals surface area contributed by atoms with E-state index in [1.165, 1.54) is 12.1 Å². The largest absolute Gasteiger partial charge is 0.486 e. The molecule has 0 spiro atoms. The van der Waals surface area contributed by atoms with Crippen molar-refractivity contribution in [3.8, 4) is 29.1 Å². The van der Waals surface area contributed by atoms with Gasteiger partial charge in [0.15, 0.2) is 23.0 Å². The molecule has 0 aliphatic carbocycles. The summed E-state index contributed by atoms with van der Waals surface area (Å²) in [4.78, 5) is 17.5. The molecule has 3 aromatic rings. The van der Waals surface area contributed by atoms with Crippen LogP contribution in [0.5, 0.6) is 23.0 Å². The Morgan fingerprint density at radius 2 is 1.49 bits per heavy atom. The molecular weight excluding hydrogens is 577 g/mol. The SMILES string of the molecule is CN(C)[C@@H]1c2cc3c(cc2C[C@H](C#N)N2C1Cc1cc4c(cc1[C@@H]2COC(=O)CCc1ccc(F)cc1)OCCO4)OCCO3. The van der Waals surface area contributed by atoms with Gasteiger partial charge in [-0.25, -0.2) is 4.39 Å². The summed E-state index contributed by atoms with van der Waals surface area (Å²) in [6.45, 7) is 1.98. The molecule has 3 aromatic carbocycles. The number of carbonyl (C=O) groups excluding carboxylic acids is 1. The van der Waals surface area contributed by atoms with Gasteiger partial charge in [-0.05, 0) is 91.2 Å². The molecule has 0 radical (unpaired) electrons. The highest BCUT2D eigenvalue weighted by Crippen LogP contribution is 2.49. The van der Waals surface area contributed by atoms with Gasteiger partial charge in [0, 0.05) is 18.9 Å². The predicted molar refractivity (Wildman–Crippen MR) is 162 cm³/mol. The van der Waals surface area contributed by atoms with Gasteiger partial charge in [0.2, 0.25) is 0 Å². The maximum absolute atomic E-state index is 13.4. The Morgan fingerprint density at radius 1 is 0.911 bits per heavy atom. The number of hydrogen-bond donors (Lipinski definition) is 0. The van der Waals surface area contributed by atoms with Crippen molar-refractivity contribution < 1.29 is 32.9 Å². The summed E-state index contributed by atoms with van der Waals surface area (Å²) in [5, 5.41) is 10.7. The summed E-state index contributed by atoms with van der Waals surface area (Å²) in [6.07, 6.45) is 1.75. The van der Waals surface area contributed by atoms with Crippen LogP contribution >= 0.6 is 0 Å². The van der Waals surface area contributed by atoms with Gasteiger partial charge in [-0.3, -0.25) is 9.69 Å². The Hall–Kier alpha value is -4.33. The Morgan fingerprint density at radius 3 is 2.09 bits per heavy atom. The zero-order chi connectivity index (χ0) is 31.1. The molecule has 0 N–H and O–H groups in total. The van der Waals surface area contributed by atoms with Crippen LogP contribution in [0.2, 0.25) is 0 Å². The molecule has 9 nitrogen and oxygen atoms in total. The number of aryl methyl sites for hydroxylation is 1. The average Bonchev–Trinajstić information content (AvgIpc) is 3.18. The van der Waals surface area contributed by atoms with Crippen molar-refractivity contribution in [2.24, 2.45) is 0 Å². The van der Waals surface area contributed by atoms with Gasteiger partial charge in [0.05, 0.1) is 18.2 Å². The second-order valence-corrected chi connectivity index (χ2v) is 12.2. The lowest BCUT2D eigenvalue weighted by atomic mass is 9.82. The number of benzene rings is 3.